The summed E-state index contributed by atoms with van der Waals surface area (Å²) in [6, 6.07) is 4.76. The number of aryl methyl sites for hydroxylation is 1. The molecule has 0 spiro atoms. The van der Waals surface area contributed by atoms with E-state index in [2.05, 4.69) is 9.47 Å². The van der Waals surface area contributed by atoms with Crippen LogP contribution in [0.4, 0.5) is 4.39 Å². The van der Waals surface area contributed by atoms with Crippen LogP contribution in [0.5, 0.6) is 0 Å². The van der Waals surface area contributed by atoms with Crippen LogP contribution in [0.3, 0.4) is 0 Å². The standard InChI is InChI=1S/C24H32FN3O4/c25-18-7-9-20-19(15-18)23-21(28(20)10-4-2-1-3-5-22(29)26-31)8-6-17(24(23)30)16-27-11-13-32-14-12-27/h7,9,15,17,31H,1-6,8,10-14,16H2,(H,26,29). The van der Waals surface area contributed by atoms with Gasteiger partial charge >= 0.3 is 0 Å². The normalized spacial score (nSPS) is 19.3. The minimum absolute atomic E-state index is 0.0550. The number of hydroxylamine groups is 1. The Morgan fingerprint density at radius 1 is 1.19 bits per heavy atom. The molecule has 1 saturated heterocycles. The summed E-state index contributed by atoms with van der Waals surface area (Å²) in [5.41, 5.74) is 4.33. The maximum Gasteiger partial charge on any atom is 0.243 e. The van der Waals surface area contributed by atoms with Crippen molar-refractivity contribution in [2.24, 2.45) is 5.92 Å². The van der Waals surface area contributed by atoms with Crippen LogP contribution in [0.25, 0.3) is 10.9 Å². The van der Waals surface area contributed by atoms with Crippen LogP contribution in [0, 0.1) is 11.7 Å². The molecule has 2 heterocycles. The zero-order valence-electron chi connectivity index (χ0n) is 18.4. The molecule has 7 nitrogen and oxygen atoms in total. The molecular formula is C24H32FN3O4. The van der Waals surface area contributed by atoms with Crippen molar-refractivity contribution in [1.82, 2.24) is 14.9 Å². The number of hydrogen-bond donors (Lipinski definition) is 2. The molecule has 0 radical (unpaired) electrons. The number of benzene rings is 1. The Bertz CT molecular complexity index is 968. The highest BCUT2D eigenvalue weighted by molar-refractivity contribution is 6.11. The number of rotatable bonds is 9. The number of morpholine rings is 1. The molecule has 8 heteroatoms. The van der Waals surface area contributed by atoms with Crippen molar-refractivity contribution in [2.75, 3.05) is 32.8 Å². The van der Waals surface area contributed by atoms with E-state index >= 15 is 0 Å². The molecular weight excluding hydrogens is 413 g/mol. The lowest BCUT2D eigenvalue weighted by Crippen LogP contribution is -2.42. The number of ketones is 1. The van der Waals surface area contributed by atoms with Crippen LogP contribution in [0.15, 0.2) is 18.2 Å². The van der Waals surface area contributed by atoms with Crippen molar-refractivity contribution in [3.8, 4) is 0 Å². The third-order valence-corrected chi connectivity index (χ3v) is 6.72. The van der Waals surface area contributed by atoms with E-state index in [-0.39, 0.29) is 23.4 Å². The van der Waals surface area contributed by atoms with Gasteiger partial charge in [0.1, 0.15) is 5.82 Å². The molecule has 2 aromatic rings. The van der Waals surface area contributed by atoms with Gasteiger partial charge in [0.15, 0.2) is 5.78 Å². The summed E-state index contributed by atoms with van der Waals surface area (Å²) in [4.78, 5) is 26.9. The first-order valence-corrected chi connectivity index (χ1v) is 11.7. The quantitative estimate of drug-likeness (QED) is 0.352. The molecule has 1 aliphatic carbocycles. The van der Waals surface area contributed by atoms with Crippen LogP contribution in [0.2, 0.25) is 0 Å². The summed E-state index contributed by atoms with van der Waals surface area (Å²) in [6.07, 6.45) is 5.44. The monoisotopic (exact) mass is 445 g/mol. The molecule has 1 aromatic carbocycles. The summed E-state index contributed by atoms with van der Waals surface area (Å²) >= 11 is 0. The lowest BCUT2D eigenvalue weighted by Gasteiger charge is -2.31. The number of hydrogen-bond acceptors (Lipinski definition) is 5. The minimum Gasteiger partial charge on any atom is -0.379 e. The SMILES string of the molecule is O=C(CCCCCCn1c2c(c3cc(F)ccc31)C(=O)C(CN1CCOCC1)CC2)NO. The zero-order chi connectivity index (χ0) is 22.5. The number of aromatic nitrogens is 1. The Morgan fingerprint density at radius 3 is 2.75 bits per heavy atom. The second-order valence-corrected chi connectivity index (χ2v) is 8.85. The first kappa shape index (κ1) is 22.9. The van der Waals surface area contributed by atoms with E-state index < -0.39 is 0 Å². The maximum absolute atomic E-state index is 14.1. The van der Waals surface area contributed by atoms with Crippen molar-refractivity contribution in [3.05, 3.63) is 35.3 Å². The van der Waals surface area contributed by atoms with Crippen molar-refractivity contribution in [1.29, 1.82) is 0 Å². The number of amides is 1. The molecule has 1 aliphatic heterocycles. The molecule has 32 heavy (non-hydrogen) atoms. The van der Waals surface area contributed by atoms with E-state index in [9.17, 15) is 14.0 Å². The molecule has 1 aromatic heterocycles. The molecule has 1 amide bonds. The van der Waals surface area contributed by atoms with Gasteiger partial charge in [-0.3, -0.25) is 19.7 Å². The van der Waals surface area contributed by atoms with Gasteiger partial charge < -0.3 is 9.30 Å². The number of ether oxygens (including phenoxy) is 1. The summed E-state index contributed by atoms with van der Waals surface area (Å²) in [5, 5.41) is 9.29. The van der Waals surface area contributed by atoms with E-state index in [4.69, 9.17) is 9.94 Å². The van der Waals surface area contributed by atoms with E-state index in [0.29, 0.717) is 25.2 Å². The number of halogens is 1. The van der Waals surface area contributed by atoms with Gasteiger partial charge in [-0.25, -0.2) is 9.87 Å². The van der Waals surface area contributed by atoms with Crippen LogP contribution in [-0.4, -0.2) is 59.2 Å². The van der Waals surface area contributed by atoms with E-state index in [0.717, 1.165) is 81.3 Å². The fourth-order valence-electron chi connectivity index (χ4n) is 5.05. The zero-order valence-corrected chi connectivity index (χ0v) is 18.4. The molecule has 1 unspecified atom stereocenters. The average molecular weight is 446 g/mol. The summed E-state index contributed by atoms with van der Waals surface area (Å²) < 4.78 is 21.7. The number of Topliss-reactive ketones (excluding diaryl/α,β-unsaturated/α-hetero) is 1. The molecule has 174 valence electrons. The van der Waals surface area contributed by atoms with E-state index in [1.807, 2.05) is 0 Å². The van der Waals surface area contributed by atoms with Crippen LogP contribution < -0.4 is 5.48 Å². The molecule has 0 saturated carbocycles. The number of nitrogens with zero attached hydrogens (tertiary/aromatic N) is 2. The van der Waals surface area contributed by atoms with Gasteiger partial charge in [0.2, 0.25) is 5.91 Å². The Balaban J connectivity index is 1.48. The molecule has 2 aliphatic rings. The smallest absolute Gasteiger partial charge is 0.243 e. The van der Waals surface area contributed by atoms with Gasteiger partial charge in [-0.1, -0.05) is 12.8 Å². The fraction of sp³-hybridized carbons (Fsp3) is 0.583. The topological polar surface area (TPSA) is 83.8 Å². The lowest BCUT2D eigenvalue weighted by molar-refractivity contribution is -0.129. The lowest BCUT2D eigenvalue weighted by atomic mass is 9.84. The first-order chi connectivity index (χ1) is 15.6. The predicted molar refractivity (Wildman–Crippen MR) is 118 cm³/mol. The third kappa shape index (κ3) is 5.03. The Hall–Kier alpha value is -2.29. The van der Waals surface area contributed by atoms with Crippen molar-refractivity contribution in [3.63, 3.8) is 0 Å². The Morgan fingerprint density at radius 2 is 1.97 bits per heavy atom. The number of fused-ring (bicyclic) bond motifs is 3. The summed E-state index contributed by atoms with van der Waals surface area (Å²) in [5.74, 6) is -0.590. The van der Waals surface area contributed by atoms with Gasteiger partial charge in [0.05, 0.1) is 13.2 Å². The van der Waals surface area contributed by atoms with Crippen LogP contribution in [0.1, 0.15) is 54.6 Å². The molecule has 4 rings (SSSR count). The van der Waals surface area contributed by atoms with E-state index in [1.54, 1.807) is 11.5 Å². The highest BCUT2D eigenvalue weighted by Gasteiger charge is 2.34. The van der Waals surface area contributed by atoms with Gasteiger partial charge in [-0.2, -0.15) is 0 Å². The number of nitrogens with one attached hydrogen (secondary N) is 1. The minimum atomic E-state index is -0.359. The van der Waals surface area contributed by atoms with Crippen LogP contribution >= 0.6 is 0 Å². The Labute approximate surface area is 187 Å². The fourth-order valence-corrected chi connectivity index (χ4v) is 5.05. The van der Waals surface area contributed by atoms with Crippen LogP contribution in [-0.2, 0) is 22.5 Å². The highest BCUT2D eigenvalue weighted by atomic mass is 19.1. The van der Waals surface area contributed by atoms with Crippen molar-refractivity contribution >= 4 is 22.6 Å². The van der Waals surface area contributed by atoms with Crippen molar-refractivity contribution < 1.29 is 23.9 Å². The number of carbonyl (C=O) groups is 2. The van der Waals surface area contributed by atoms with Crippen molar-refractivity contribution in [2.45, 2.75) is 51.5 Å². The van der Waals surface area contributed by atoms with Gasteiger partial charge in [-0.05, 0) is 43.9 Å². The second kappa shape index (κ2) is 10.6. The first-order valence-electron chi connectivity index (χ1n) is 11.7. The van der Waals surface area contributed by atoms with Gasteiger partial charge in [-0.15, -0.1) is 0 Å². The van der Waals surface area contributed by atoms with Gasteiger partial charge in [0, 0.05) is 60.7 Å². The average Bonchev–Trinajstić information content (AvgIpc) is 3.11. The molecule has 1 atom stereocenters. The molecule has 2 N–H and O–H groups in total. The third-order valence-electron chi connectivity index (χ3n) is 6.72. The largest absolute Gasteiger partial charge is 0.379 e. The molecule has 0 bridgehead atoms. The Kier molecular flexibility index (Phi) is 7.55. The molecule has 1 fully saturated rings. The number of unbranched alkanes of at least 4 members (excludes halogenated alkanes) is 3. The highest BCUT2D eigenvalue weighted by Crippen LogP contribution is 2.35. The summed E-state index contributed by atoms with van der Waals surface area (Å²) in [6.45, 7) is 4.64. The summed E-state index contributed by atoms with van der Waals surface area (Å²) in [7, 11) is 0. The second-order valence-electron chi connectivity index (χ2n) is 8.85. The van der Waals surface area contributed by atoms with E-state index in [1.165, 1.54) is 12.1 Å². The van der Waals surface area contributed by atoms with Gasteiger partial charge in [0.25, 0.3) is 0 Å². The maximum atomic E-state index is 14.1. The predicted octanol–water partition coefficient (Wildman–Crippen LogP) is 3.31. The number of carbonyl (C=O) groups excluding carboxylic acids is 2.